The van der Waals surface area contributed by atoms with Crippen LogP contribution in [0, 0.1) is 0 Å². The molecule has 2 rings (SSSR count). The Kier molecular flexibility index (Phi) is 4.03. The van der Waals surface area contributed by atoms with Gasteiger partial charge in [0.05, 0.1) is 0 Å². The van der Waals surface area contributed by atoms with E-state index >= 15 is 0 Å². The fourth-order valence-electron chi connectivity index (χ4n) is 2.25. The maximum atomic E-state index is 14.7. The molecule has 0 bridgehead atoms. The van der Waals surface area contributed by atoms with Crippen molar-refractivity contribution in [3.8, 4) is 0 Å². The average molecular weight is 293 g/mol. The smallest absolute Gasteiger partial charge is 0.354 e. The molecule has 0 N–H and O–H groups in total. The van der Waals surface area contributed by atoms with Gasteiger partial charge >= 0.3 is 5.97 Å². The number of carbonyl (C=O) groups excluding carboxylic acids is 2. The zero-order chi connectivity index (χ0) is 15.7. The third kappa shape index (κ3) is 3.40. The lowest BCUT2D eigenvalue weighted by atomic mass is 10.0. The lowest BCUT2D eigenvalue weighted by Crippen LogP contribution is -2.46. The summed E-state index contributed by atoms with van der Waals surface area (Å²) in [6.07, 6.45) is -0.159. The first-order valence-corrected chi connectivity index (χ1v) is 6.98. The van der Waals surface area contributed by atoms with Crippen LogP contribution in [0.3, 0.4) is 0 Å². The molecule has 1 atom stereocenters. The van der Waals surface area contributed by atoms with Gasteiger partial charge in [0, 0.05) is 19.5 Å². The fourth-order valence-corrected chi connectivity index (χ4v) is 2.25. The highest BCUT2D eigenvalue weighted by molar-refractivity contribution is 6.07. The van der Waals surface area contributed by atoms with Crippen LogP contribution in [0.15, 0.2) is 30.3 Å². The van der Waals surface area contributed by atoms with Gasteiger partial charge in [-0.25, -0.2) is 9.18 Å². The molecule has 1 aliphatic heterocycles. The van der Waals surface area contributed by atoms with Crippen molar-refractivity contribution in [1.29, 1.82) is 0 Å². The van der Waals surface area contributed by atoms with E-state index in [1.54, 1.807) is 20.8 Å². The second-order valence-electron chi connectivity index (χ2n) is 6.27. The van der Waals surface area contributed by atoms with Crippen LogP contribution in [0.4, 0.5) is 4.39 Å². The molecule has 0 saturated carbocycles. The summed E-state index contributed by atoms with van der Waals surface area (Å²) >= 11 is 0. The number of halogens is 1. The molecule has 21 heavy (non-hydrogen) atoms. The summed E-state index contributed by atoms with van der Waals surface area (Å²) in [5.41, 5.74) is -2.47. The number of rotatable bonds is 3. The lowest BCUT2D eigenvalue weighted by molar-refractivity contribution is -0.172. The Morgan fingerprint density at radius 2 is 1.95 bits per heavy atom. The van der Waals surface area contributed by atoms with Crippen molar-refractivity contribution in [1.82, 2.24) is 4.90 Å². The van der Waals surface area contributed by atoms with Gasteiger partial charge in [-0.3, -0.25) is 4.79 Å². The standard InChI is InChI=1S/C16H20FNO3/c1-15(2,3)21-14(20)16(17)9-10-18(13(16)19)11-12-7-5-4-6-8-12/h4-8H,9-11H2,1-3H3. The van der Waals surface area contributed by atoms with Crippen LogP contribution in [0.25, 0.3) is 0 Å². The molecule has 4 nitrogen and oxygen atoms in total. The van der Waals surface area contributed by atoms with Gasteiger partial charge in [-0.15, -0.1) is 0 Å². The van der Waals surface area contributed by atoms with Crippen LogP contribution < -0.4 is 0 Å². The number of hydrogen-bond acceptors (Lipinski definition) is 3. The molecule has 1 aromatic carbocycles. The van der Waals surface area contributed by atoms with E-state index in [2.05, 4.69) is 0 Å². The number of esters is 1. The average Bonchev–Trinajstić information content (AvgIpc) is 2.68. The van der Waals surface area contributed by atoms with Gasteiger partial charge < -0.3 is 9.64 Å². The van der Waals surface area contributed by atoms with E-state index in [1.165, 1.54) is 4.90 Å². The highest BCUT2D eigenvalue weighted by Crippen LogP contribution is 2.31. The summed E-state index contributed by atoms with van der Waals surface area (Å²) in [5, 5.41) is 0. The number of ether oxygens (including phenoxy) is 1. The molecule has 1 saturated heterocycles. The highest BCUT2D eigenvalue weighted by Gasteiger charge is 2.55. The number of benzene rings is 1. The zero-order valence-electron chi connectivity index (χ0n) is 12.6. The fraction of sp³-hybridized carbons (Fsp3) is 0.500. The van der Waals surface area contributed by atoms with Gasteiger partial charge in [-0.2, -0.15) is 0 Å². The van der Waals surface area contributed by atoms with Crippen molar-refractivity contribution in [2.75, 3.05) is 6.54 Å². The third-order valence-electron chi connectivity index (χ3n) is 3.29. The Balaban J connectivity index is 2.08. The number of amides is 1. The highest BCUT2D eigenvalue weighted by atomic mass is 19.1. The van der Waals surface area contributed by atoms with Crippen molar-refractivity contribution in [3.05, 3.63) is 35.9 Å². The van der Waals surface area contributed by atoms with Crippen molar-refractivity contribution < 1.29 is 18.7 Å². The second-order valence-corrected chi connectivity index (χ2v) is 6.27. The quantitative estimate of drug-likeness (QED) is 0.635. The van der Waals surface area contributed by atoms with Crippen molar-refractivity contribution >= 4 is 11.9 Å². The molecule has 5 heteroatoms. The topological polar surface area (TPSA) is 46.6 Å². The first-order chi connectivity index (χ1) is 9.72. The van der Waals surface area contributed by atoms with Gasteiger partial charge in [0.1, 0.15) is 5.60 Å². The van der Waals surface area contributed by atoms with Gasteiger partial charge in [0.2, 0.25) is 0 Å². The van der Waals surface area contributed by atoms with E-state index < -0.39 is 23.1 Å². The van der Waals surface area contributed by atoms with E-state index in [0.717, 1.165) is 5.56 Å². The van der Waals surface area contributed by atoms with Gasteiger partial charge in [0.25, 0.3) is 11.6 Å². The molecule has 1 amide bonds. The minimum atomic E-state index is -2.55. The first kappa shape index (κ1) is 15.5. The molecule has 0 aliphatic carbocycles. The molecule has 114 valence electrons. The SMILES string of the molecule is CC(C)(C)OC(=O)C1(F)CCN(Cc2ccccc2)C1=O. The van der Waals surface area contributed by atoms with Crippen LogP contribution in [-0.2, 0) is 20.9 Å². The molecule has 0 spiro atoms. The number of alkyl halides is 1. The molecule has 1 unspecified atom stereocenters. The number of hydrogen-bond donors (Lipinski definition) is 0. The number of carbonyl (C=O) groups is 2. The van der Waals surface area contributed by atoms with Crippen LogP contribution in [0.5, 0.6) is 0 Å². The minimum absolute atomic E-state index is 0.159. The molecule has 1 aromatic rings. The van der Waals surface area contributed by atoms with Crippen LogP contribution in [0.2, 0.25) is 0 Å². The summed E-state index contributed by atoms with van der Waals surface area (Å²) in [5.74, 6) is -1.89. The molecule has 1 aliphatic rings. The molecular formula is C16H20FNO3. The lowest BCUT2D eigenvalue weighted by Gasteiger charge is -2.25. The number of likely N-dealkylation sites (tertiary alicyclic amines) is 1. The monoisotopic (exact) mass is 293 g/mol. The van der Waals surface area contributed by atoms with E-state index in [0.29, 0.717) is 6.54 Å². The third-order valence-corrected chi connectivity index (χ3v) is 3.29. The van der Waals surface area contributed by atoms with Crippen molar-refractivity contribution in [3.63, 3.8) is 0 Å². The van der Waals surface area contributed by atoms with E-state index in [9.17, 15) is 14.0 Å². The Morgan fingerprint density at radius 3 is 2.52 bits per heavy atom. The van der Waals surface area contributed by atoms with Gasteiger partial charge in [-0.1, -0.05) is 30.3 Å². The van der Waals surface area contributed by atoms with Crippen LogP contribution >= 0.6 is 0 Å². The van der Waals surface area contributed by atoms with Crippen molar-refractivity contribution in [2.45, 2.75) is 45.0 Å². The largest absolute Gasteiger partial charge is 0.457 e. The Bertz CT molecular complexity index is 538. The molecular weight excluding hydrogens is 273 g/mol. The maximum Gasteiger partial charge on any atom is 0.354 e. The maximum absolute atomic E-state index is 14.7. The number of nitrogens with zero attached hydrogens (tertiary/aromatic N) is 1. The van der Waals surface area contributed by atoms with Crippen molar-refractivity contribution in [2.24, 2.45) is 0 Å². The summed E-state index contributed by atoms with van der Waals surface area (Å²) in [4.78, 5) is 25.5. The minimum Gasteiger partial charge on any atom is -0.457 e. The Morgan fingerprint density at radius 1 is 1.33 bits per heavy atom. The van der Waals surface area contributed by atoms with Gasteiger partial charge in [-0.05, 0) is 26.3 Å². The first-order valence-electron chi connectivity index (χ1n) is 6.98. The summed E-state index contributed by atoms with van der Waals surface area (Å²) in [6, 6.07) is 9.30. The van der Waals surface area contributed by atoms with E-state index in [-0.39, 0.29) is 13.0 Å². The predicted octanol–water partition coefficient (Wildman–Crippen LogP) is 2.47. The van der Waals surface area contributed by atoms with Crippen LogP contribution in [-0.4, -0.2) is 34.6 Å². The van der Waals surface area contributed by atoms with E-state index in [4.69, 9.17) is 4.74 Å². The molecule has 1 fully saturated rings. The molecule has 0 radical (unpaired) electrons. The zero-order valence-corrected chi connectivity index (χ0v) is 12.6. The summed E-state index contributed by atoms with van der Waals surface area (Å²) in [6.45, 7) is 5.46. The Labute approximate surface area is 123 Å². The van der Waals surface area contributed by atoms with Gasteiger partial charge in [0.15, 0.2) is 0 Å². The van der Waals surface area contributed by atoms with E-state index in [1.807, 2.05) is 30.3 Å². The second kappa shape index (κ2) is 5.47. The summed E-state index contributed by atoms with van der Waals surface area (Å²) < 4.78 is 19.7. The summed E-state index contributed by atoms with van der Waals surface area (Å²) in [7, 11) is 0. The predicted molar refractivity (Wildman–Crippen MR) is 76.2 cm³/mol. The Hall–Kier alpha value is -1.91. The molecule has 1 heterocycles. The normalized spacial score (nSPS) is 22.5. The molecule has 0 aromatic heterocycles. The van der Waals surface area contributed by atoms with Crippen LogP contribution in [0.1, 0.15) is 32.8 Å².